The summed E-state index contributed by atoms with van der Waals surface area (Å²) in [5.41, 5.74) is 5.49. The fourth-order valence-corrected chi connectivity index (χ4v) is 4.50. The Bertz CT molecular complexity index is 1420. The predicted octanol–water partition coefficient (Wildman–Crippen LogP) is 4.71. The van der Waals surface area contributed by atoms with E-state index in [2.05, 4.69) is 16.0 Å². The maximum Gasteiger partial charge on any atom is 0.298 e. The Morgan fingerprint density at radius 1 is 0.800 bits per heavy atom. The summed E-state index contributed by atoms with van der Waals surface area (Å²) in [5.74, 6) is 0.0575. The third kappa shape index (κ3) is 4.28. The lowest BCUT2D eigenvalue weighted by Gasteiger charge is -2.33. The summed E-state index contributed by atoms with van der Waals surface area (Å²) in [6.07, 6.45) is 0. The first-order chi connectivity index (χ1) is 17.2. The Balaban J connectivity index is 1.19. The van der Waals surface area contributed by atoms with Crippen molar-refractivity contribution in [1.29, 1.82) is 0 Å². The molecule has 0 N–H and O–H groups in total. The third-order valence-corrected chi connectivity index (χ3v) is 6.39. The second-order valence-electron chi connectivity index (χ2n) is 8.64. The number of fused-ring (bicyclic) bond motifs is 1. The van der Waals surface area contributed by atoms with Crippen LogP contribution in [0.4, 0.5) is 6.01 Å². The number of oxazole rings is 1. The molecule has 1 fully saturated rings. The van der Waals surface area contributed by atoms with Gasteiger partial charge in [-0.2, -0.15) is 10.1 Å². The molecule has 6 rings (SSSR count). The van der Waals surface area contributed by atoms with Gasteiger partial charge in [-0.25, -0.2) is 0 Å². The predicted molar refractivity (Wildman–Crippen MR) is 136 cm³/mol. The largest absolute Gasteiger partial charge is 0.423 e. The molecule has 0 unspecified atom stereocenters. The monoisotopic (exact) mass is 463 g/mol. The number of aromatic nitrogens is 3. The van der Waals surface area contributed by atoms with Gasteiger partial charge in [0.2, 0.25) is 5.91 Å². The minimum absolute atomic E-state index is 0.0575. The normalized spacial score (nSPS) is 13.9. The maximum atomic E-state index is 13.3. The van der Waals surface area contributed by atoms with Crippen LogP contribution in [0.1, 0.15) is 0 Å². The van der Waals surface area contributed by atoms with Gasteiger partial charge in [0.1, 0.15) is 12.1 Å². The molecule has 0 atom stereocenters. The molecule has 2 aromatic heterocycles. The van der Waals surface area contributed by atoms with Crippen LogP contribution in [-0.4, -0.2) is 51.8 Å². The van der Waals surface area contributed by atoms with Crippen LogP contribution in [0.25, 0.3) is 33.6 Å². The first kappa shape index (κ1) is 21.2. The Labute approximate surface area is 203 Å². The lowest BCUT2D eigenvalue weighted by molar-refractivity contribution is -0.132. The molecular formula is C28H25N5O2. The summed E-state index contributed by atoms with van der Waals surface area (Å²) in [6.45, 7) is 2.78. The number of para-hydroxylation sites is 2. The molecule has 5 aromatic rings. The van der Waals surface area contributed by atoms with Crippen molar-refractivity contribution in [2.75, 3.05) is 31.1 Å². The second-order valence-corrected chi connectivity index (χ2v) is 8.64. The highest BCUT2D eigenvalue weighted by Gasteiger charge is 2.25. The van der Waals surface area contributed by atoms with Crippen molar-refractivity contribution < 1.29 is 9.21 Å². The van der Waals surface area contributed by atoms with Crippen molar-refractivity contribution >= 4 is 23.0 Å². The first-order valence-electron chi connectivity index (χ1n) is 11.8. The summed E-state index contributed by atoms with van der Waals surface area (Å²) in [6, 6.07) is 30.6. The smallest absolute Gasteiger partial charge is 0.298 e. The molecule has 3 aromatic carbocycles. The second kappa shape index (κ2) is 9.10. The van der Waals surface area contributed by atoms with Crippen molar-refractivity contribution in [2.24, 2.45) is 0 Å². The average molecular weight is 464 g/mol. The summed E-state index contributed by atoms with van der Waals surface area (Å²) in [7, 11) is 0. The van der Waals surface area contributed by atoms with E-state index in [1.165, 1.54) is 0 Å². The highest BCUT2D eigenvalue weighted by atomic mass is 16.4. The van der Waals surface area contributed by atoms with Crippen LogP contribution >= 0.6 is 0 Å². The number of carbonyl (C=O) groups is 1. The van der Waals surface area contributed by atoms with E-state index in [1.807, 2.05) is 94.5 Å². The molecule has 7 heteroatoms. The third-order valence-electron chi connectivity index (χ3n) is 6.39. The molecule has 7 nitrogen and oxygen atoms in total. The lowest BCUT2D eigenvalue weighted by atomic mass is 10.1. The maximum absolute atomic E-state index is 13.3. The van der Waals surface area contributed by atoms with Crippen molar-refractivity contribution in [1.82, 2.24) is 19.7 Å². The van der Waals surface area contributed by atoms with Crippen LogP contribution in [0.3, 0.4) is 0 Å². The van der Waals surface area contributed by atoms with Crippen LogP contribution in [-0.2, 0) is 11.3 Å². The molecule has 0 saturated carbocycles. The standard InChI is InChI=1S/C28H25N5O2/c34-27(31-15-17-32(18-16-31)28-29-23-13-7-8-14-26(23)35-28)20-33-25(22-11-5-2-6-12-22)19-24(30-33)21-9-3-1-4-10-21/h1-14,19H,15-18,20H2. The Morgan fingerprint density at radius 3 is 2.17 bits per heavy atom. The van der Waals surface area contributed by atoms with Crippen molar-refractivity contribution in [2.45, 2.75) is 6.54 Å². The number of anilines is 1. The van der Waals surface area contributed by atoms with Gasteiger partial charge in [0, 0.05) is 31.7 Å². The highest BCUT2D eigenvalue weighted by molar-refractivity contribution is 5.78. The fourth-order valence-electron chi connectivity index (χ4n) is 4.50. The summed E-state index contributed by atoms with van der Waals surface area (Å²) >= 11 is 0. The van der Waals surface area contributed by atoms with E-state index in [0.29, 0.717) is 32.2 Å². The quantitative estimate of drug-likeness (QED) is 0.378. The molecule has 1 amide bonds. The van der Waals surface area contributed by atoms with Gasteiger partial charge in [-0.3, -0.25) is 9.48 Å². The molecule has 0 radical (unpaired) electrons. The Hall–Kier alpha value is -4.39. The molecule has 1 saturated heterocycles. The van der Waals surface area contributed by atoms with Gasteiger partial charge in [0.05, 0.1) is 11.4 Å². The fraction of sp³-hybridized carbons (Fsp3) is 0.179. The zero-order valence-corrected chi connectivity index (χ0v) is 19.2. The number of rotatable bonds is 5. The minimum atomic E-state index is 0.0575. The molecule has 0 bridgehead atoms. The number of carbonyl (C=O) groups excluding carboxylic acids is 1. The molecule has 35 heavy (non-hydrogen) atoms. The zero-order valence-electron chi connectivity index (χ0n) is 19.2. The molecule has 1 aliphatic heterocycles. The van der Waals surface area contributed by atoms with Crippen LogP contribution in [0, 0.1) is 0 Å². The first-order valence-corrected chi connectivity index (χ1v) is 11.8. The van der Waals surface area contributed by atoms with Crippen molar-refractivity contribution in [3.63, 3.8) is 0 Å². The van der Waals surface area contributed by atoms with Gasteiger partial charge in [-0.05, 0) is 23.8 Å². The number of hydrogen-bond donors (Lipinski definition) is 0. The van der Waals surface area contributed by atoms with Gasteiger partial charge < -0.3 is 14.2 Å². The zero-order chi connectivity index (χ0) is 23.6. The highest BCUT2D eigenvalue weighted by Crippen LogP contribution is 2.27. The molecule has 3 heterocycles. The van der Waals surface area contributed by atoms with E-state index in [4.69, 9.17) is 9.52 Å². The van der Waals surface area contributed by atoms with E-state index >= 15 is 0 Å². The molecular weight excluding hydrogens is 438 g/mol. The van der Waals surface area contributed by atoms with Crippen molar-refractivity contribution in [3.05, 3.63) is 91.0 Å². The van der Waals surface area contributed by atoms with E-state index in [1.54, 1.807) is 0 Å². The Kier molecular flexibility index (Phi) is 5.50. The topological polar surface area (TPSA) is 67.4 Å². The van der Waals surface area contributed by atoms with E-state index < -0.39 is 0 Å². The number of piperazine rings is 1. The van der Waals surface area contributed by atoms with Crippen molar-refractivity contribution in [3.8, 4) is 22.5 Å². The number of amides is 1. The molecule has 174 valence electrons. The van der Waals surface area contributed by atoms with E-state index in [9.17, 15) is 4.79 Å². The molecule has 1 aliphatic rings. The molecule has 0 aliphatic carbocycles. The summed E-state index contributed by atoms with van der Waals surface area (Å²) in [5, 5.41) is 4.81. The van der Waals surface area contributed by atoms with Gasteiger partial charge >= 0.3 is 0 Å². The van der Waals surface area contributed by atoms with Crippen LogP contribution in [0.2, 0.25) is 0 Å². The van der Waals surface area contributed by atoms with Gasteiger partial charge in [-0.1, -0.05) is 72.8 Å². The van der Waals surface area contributed by atoms with Crippen LogP contribution < -0.4 is 4.90 Å². The number of benzene rings is 3. The lowest BCUT2D eigenvalue weighted by Crippen LogP contribution is -2.49. The van der Waals surface area contributed by atoms with E-state index in [0.717, 1.165) is 33.6 Å². The van der Waals surface area contributed by atoms with E-state index in [-0.39, 0.29) is 12.5 Å². The summed E-state index contributed by atoms with van der Waals surface area (Å²) < 4.78 is 7.73. The Morgan fingerprint density at radius 2 is 1.46 bits per heavy atom. The SMILES string of the molecule is O=C(Cn1nc(-c2ccccc2)cc1-c1ccccc1)N1CCN(c2nc3ccccc3o2)CC1. The minimum Gasteiger partial charge on any atom is -0.423 e. The van der Waals surface area contributed by atoms with Crippen LogP contribution in [0.15, 0.2) is 95.4 Å². The average Bonchev–Trinajstić information content (AvgIpc) is 3.54. The van der Waals surface area contributed by atoms with Gasteiger partial charge in [0.15, 0.2) is 5.58 Å². The van der Waals surface area contributed by atoms with Gasteiger partial charge in [0.25, 0.3) is 6.01 Å². The summed E-state index contributed by atoms with van der Waals surface area (Å²) in [4.78, 5) is 21.9. The number of nitrogens with zero attached hydrogens (tertiary/aromatic N) is 5. The number of hydrogen-bond acceptors (Lipinski definition) is 5. The molecule has 0 spiro atoms. The van der Waals surface area contributed by atoms with Gasteiger partial charge in [-0.15, -0.1) is 0 Å². The van der Waals surface area contributed by atoms with Crippen LogP contribution in [0.5, 0.6) is 0 Å².